The third kappa shape index (κ3) is 8.50. The average molecular weight is 623 g/mol. The van der Waals surface area contributed by atoms with Crippen LogP contribution < -0.4 is 25.3 Å². The van der Waals surface area contributed by atoms with Gasteiger partial charge in [-0.25, -0.2) is 23.8 Å². The quantitative estimate of drug-likeness (QED) is 0.215. The lowest BCUT2D eigenvalue weighted by Gasteiger charge is -2.25. The van der Waals surface area contributed by atoms with Crippen LogP contribution >= 0.6 is 0 Å². The first-order chi connectivity index (χ1) is 20.8. The second kappa shape index (κ2) is 13.8. The summed E-state index contributed by atoms with van der Waals surface area (Å²) in [4.78, 5) is 34.2. The second-order valence-corrected chi connectivity index (χ2v) is 10.1. The van der Waals surface area contributed by atoms with Gasteiger partial charge >= 0.3 is 6.18 Å². The van der Waals surface area contributed by atoms with Crippen molar-refractivity contribution in [2.75, 3.05) is 68.0 Å². The monoisotopic (exact) mass is 622 g/mol. The topological polar surface area (TPSA) is 108 Å². The molecule has 3 heterocycles. The average Bonchev–Trinajstić information content (AvgIpc) is 3.45. The van der Waals surface area contributed by atoms with E-state index in [1.807, 2.05) is 19.0 Å². The van der Waals surface area contributed by atoms with E-state index in [4.69, 9.17) is 9.57 Å². The minimum Gasteiger partial charge on any atom is -0.466 e. The van der Waals surface area contributed by atoms with Gasteiger partial charge in [0.05, 0.1) is 18.3 Å². The highest BCUT2D eigenvalue weighted by atomic mass is 19.4. The van der Waals surface area contributed by atoms with Gasteiger partial charge < -0.3 is 25.2 Å². The van der Waals surface area contributed by atoms with Crippen LogP contribution in [0.15, 0.2) is 49.3 Å². The van der Waals surface area contributed by atoms with Gasteiger partial charge in [-0.3, -0.25) is 9.63 Å². The number of hydrogen-bond donors (Lipinski definition) is 2. The van der Waals surface area contributed by atoms with E-state index in [0.29, 0.717) is 25.1 Å². The summed E-state index contributed by atoms with van der Waals surface area (Å²) in [7, 11) is 5.38. The molecule has 2 N–H and O–H groups in total. The number of benzene rings is 1. The SMILES string of the molecule is C=CC(=O)Nc1cc(Nc2cc(N3OCC[C@@H]3c3cc(F)cc(F)c3)ncn2)c(OCC(F)(F)F)nc1N(C)CCN(C)C. The fraction of sp³-hybridized carbons (Fsp3) is 0.357. The fourth-order valence-corrected chi connectivity index (χ4v) is 4.30. The molecule has 0 aliphatic carbocycles. The van der Waals surface area contributed by atoms with E-state index in [-0.39, 0.29) is 35.4 Å². The molecule has 4 rings (SSSR count). The number of likely N-dealkylation sites (N-methyl/N-ethyl adjacent to an activating group) is 2. The van der Waals surface area contributed by atoms with Gasteiger partial charge in [-0.1, -0.05) is 6.58 Å². The maximum Gasteiger partial charge on any atom is 0.422 e. The van der Waals surface area contributed by atoms with Gasteiger partial charge in [-0.05, 0) is 43.9 Å². The number of hydrogen-bond acceptors (Lipinski definition) is 10. The fourth-order valence-electron chi connectivity index (χ4n) is 4.30. The molecule has 1 fully saturated rings. The first kappa shape index (κ1) is 32.3. The molecule has 0 bridgehead atoms. The number of pyridine rings is 1. The van der Waals surface area contributed by atoms with Gasteiger partial charge in [0.2, 0.25) is 11.8 Å². The standard InChI is InChI=1S/C28H31F5N8O3/c1-5-25(42)37-20-13-21(27(43-15-28(31,32)33)38-26(20)40(4)8-7-39(2)3)36-23-14-24(35-16-34-23)41-22(6-9-44-41)17-10-18(29)12-19(30)11-17/h5,10-14,16,22H,1,6-9,15H2,2-4H3,(H,37,42)(H,34,35,36)/t22-/m1/s1. The van der Waals surface area contributed by atoms with Crippen molar-refractivity contribution in [2.45, 2.75) is 18.6 Å². The molecule has 44 heavy (non-hydrogen) atoms. The van der Waals surface area contributed by atoms with Gasteiger partial charge in [0.1, 0.15) is 29.5 Å². The van der Waals surface area contributed by atoms with Crippen LogP contribution in [0.3, 0.4) is 0 Å². The Bertz CT molecular complexity index is 1470. The van der Waals surface area contributed by atoms with E-state index < -0.39 is 42.2 Å². The van der Waals surface area contributed by atoms with Crippen molar-refractivity contribution in [1.29, 1.82) is 0 Å². The van der Waals surface area contributed by atoms with Crippen molar-refractivity contribution >= 4 is 34.7 Å². The molecule has 2 aromatic heterocycles. The Morgan fingerprint density at radius 3 is 2.50 bits per heavy atom. The molecule has 0 unspecified atom stereocenters. The number of alkyl halides is 3. The Morgan fingerprint density at radius 2 is 1.84 bits per heavy atom. The molecule has 1 aliphatic rings. The summed E-state index contributed by atoms with van der Waals surface area (Å²) in [6.45, 7) is 3.06. The van der Waals surface area contributed by atoms with E-state index in [2.05, 4.69) is 32.2 Å². The van der Waals surface area contributed by atoms with E-state index in [1.165, 1.54) is 35.7 Å². The molecule has 1 saturated heterocycles. The normalized spacial score (nSPS) is 14.9. The lowest BCUT2D eigenvalue weighted by molar-refractivity contribution is -0.153. The van der Waals surface area contributed by atoms with Crippen LogP contribution in [0.5, 0.6) is 5.88 Å². The number of carbonyl (C=O) groups excluding carboxylic acids is 1. The zero-order chi connectivity index (χ0) is 32.0. The number of ether oxygens (including phenoxy) is 1. The number of halogens is 5. The molecule has 1 aliphatic heterocycles. The number of amides is 1. The molecule has 1 aromatic carbocycles. The maximum absolute atomic E-state index is 13.9. The highest BCUT2D eigenvalue weighted by molar-refractivity contribution is 6.01. The molecular weight excluding hydrogens is 591 g/mol. The van der Waals surface area contributed by atoms with E-state index in [9.17, 15) is 26.7 Å². The predicted molar refractivity (Wildman–Crippen MR) is 154 cm³/mol. The van der Waals surface area contributed by atoms with Crippen LogP contribution in [0.2, 0.25) is 0 Å². The van der Waals surface area contributed by atoms with Crippen molar-refractivity contribution in [1.82, 2.24) is 19.9 Å². The van der Waals surface area contributed by atoms with Crippen LogP contribution in [0.4, 0.5) is 50.8 Å². The molecule has 0 spiro atoms. The first-order valence-corrected chi connectivity index (χ1v) is 13.3. The highest BCUT2D eigenvalue weighted by Gasteiger charge is 2.31. The number of aromatic nitrogens is 3. The van der Waals surface area contributed by atoms with Crippen LogP contribution in [-0.4, -0.2) is 79.4 Å². The number of anilines is 5. The summed E-state index contributed by atoms with van der Waals surface area (Å²) in [6, 6.07) is 5.38. The van der Waals surface area contributed by atoms with Gasteiger partial charge in [0.15, 0.2) is 18.2 Å². The number of carbonyl (C=O) groups is 1. The number of nitrogens with zero attached hydrogens (tertiary/aromatic N) is 6. The van der Waals surface area contributed by atoms with Crippen LogP contribution in [0, 0.1) is 11.6 Å². The van der Waals surface area contributed by atoms with Crippen LogP contribution in [0.1, 0.15) is 18.0 Å². The van der Waals surface area contributed by atoms with Crippen molar-refractivity contribution in [3.63, 3.8) is 0 Å². The molecular formula is C28H31F5N8O3. The molecule has 0 saturated carbocycles. The molecule has 16 heteroatoms. The number of nitrogens with one attached hydrogen (secondary N) is 2. The third-order valence-corrected chi connectivity index (χ3v) is 6.34. The summed E-state index contributed by atoms with van der Waals surface area (Å²) in [5.41, 5.74) is 0.453. The smallest absolute Gasteiger partial charge is 0.422 e. The van der Waals surface area contributed by atoms with Gasteiger partial charge in [0, 0.05) is 38.7 Å². The Morgan fingerprint density at radius 1 is 1.11 bits per heavy atom. The number of rotatable bonds is 12. The van der Waals surface area contributed by atoms with E-state index in [1.54, 1.807) is 11.9 Å². The van der Waals surface area contributed by atoms with E-state index >= 15 is 0 Å². The molecule has 1 atom stereocenters. The summed E-state index contributed by atoms with van der Waals surface area (Å²) in [5, 5.41) is 6.88. The van der Waals surface area contributed by atoms with Crippen LogP contribution in [-0.2, 0) is 9.63 Å². The predicted octanol–water partition coefficient (Wildman–Crippen LogP) is 4.84. The summed E-state index contributed by atoms with van der Waals surface area (Å²) < 4.78 is 72.5. The third-order valence-electron chi connectivity index (χ3n) is 6.34. The minimum atomic E-state index is -4.66. The van der Waals surface area contributed by atoms with Crippen molar-refractivity contribution in [3.8, 4) is 5.88 Å². The molecule has 3 aromatic rings. The highest BCUT2D eigenvalue weighted by Crippen LogP contribution is 2.38. The Balaban J connectivity index is 1.70. The minimum absolute atomic E-state index is 0.0471. The van der Waals surface area contributed by atoms with Crippen molar-refractivity contribution in [2.24, 2.45) is 0 Å². The van der Waals surface area contributed by atoms with E-state index in [0.717, 1.165) is 12.1 Å². The zero-order valence-electron chi connectivity index (χ0n) is 24.2. The van der Waals surface area contributed by atoms with Gasteiger partial charge in [0.25, 0.3) is 0 Å². The Kier molecular flexibility index (Phi) is 10.2. The lowest BCUT2D eigenvalue weighted by atomic mass is 10.0. The summed E-state index contributed by atoms with van der Waals surface area (Å²) >= 11 is 0. The Hall–Kier alpha value is -4.57. The first-order valence-electron chi connectivity index (χ1n) is 13.3. The van der Waals surface area contributed by atoms with Crippen LogP contribution in [0.25, 0.3) is 0 Å². The van der Waals surface area contributed by atoms with Gasteiger partial charge in [-0.2, -0.15) is 18.2 Å². The lowest BCUT2D eigenvalue weighted by Crippen LogP contribution is -2.30. The summed E-state index contributed by atoms with van der Waals surface area (Å²) in [5.74, 6) is -2.00. The molecule has 0 radical (unpaired) electrons. The number of hydroxylamine groups is 1. The Labute approximate surface area is 250 Å². The molecule has 1 amide bonds. The zero-order valence-corrected chi connectivity index (χ0v) is 24.2. The van der Waals surface area contributed by atoms with Gasteiger partial charge in [-0.15, -0.1) is 0 Å². The maximum atomic E-state index is 13.9. The second-order valence-electron chi connectivity index (χ2n) is 10.1. The molecule has 11 nitrogen and oxygen atoms in total. The van der Waals surface area contributed by atoms with Crippen molar-refractivity contribution in [3.05, 3.63) is 66.5 Å². The molecule has 236 valence electrons. The van der Waals surface area contributed by atoms with Crippen molar-refractivity contribution < 1.29 is 36.3 Å². The summed E-state index contributed by atoms with van der Waals surface area (Å²) in [6.07, 6.45) is -2.04. The largest absolute Gasteiger partial charge is 0.466 e.